The molecule has 4 saturated carbocycles. The van der Waals surface area contributed by atoms with Crippen LogP contribution < -0.4 is 0 Å². The third-order valence-corrected chi connectivity index (χ3v) is 9.40. The van der Waals surface area contributed by atoms with Crippen molar-refractivity contribution in [2.24, 2.45) is 40.4 Å². The zero-order valence-electron chi connectivity index (χ0n) is 16.7. The standard InChI is InChI=1S/C22H33FO4/c1-12-8-16-15-5-4-13-9-14(25)6-7-21(13,3)22(15,23)18(27)10-20(16,2)19(12)17(26)11-24/h12-13,15-16,18-19,24,27H,4-11H2,1-3H3/t12?,13?,15?,16?,18?,19?,20-,21-,22?/m0/s1. The molecule has 0 amide bonds. The second kappa shape index (κ2) is 6.09. The molecule has 4 rings (SSSR count). The van der Waals surface area contributed by atoms with E-state index in [1.807, 2.05) is 20.8 Å². The molecule has 0 heterocycles. The quantitative estimate of drug-likeness (QED) is 0.772. The number of hydrogen-bond donors (Lipinski definition) is 2. The van der Waals surface area contributed by atoms with Crippen LogP contribution in [-0.4, -0.2) is 40.2 Å². The minimum absolute atomic E-state index is 0.00713. The molecule has 152 valence electrons. The van der Waals surface area contributed by atoms with Crippen molar-refractivity contribution in [3.05, 3.63) is 0 Å². The highest BCUT2D eigenvalue weighted by atomic mass is 19.1. The summed E-state index contributed by atoms with van der Waals surface area (Å²) in [5.41, 5.74) is -2.84. The maximum absolute atomic E-state index is 16.9. The predicted molar refractivity (Wildman–Crippen MR) is 98.6 cm³/mol. The van der Waals surface area contributed by atoms with Crippen molar-refractivity contribution in [1.29, 1.82) is 0 Å². The summed E-state index contributed by atoms with van der Waals surface area (Å²) in [4.78, 5) is 24.5. The van der Waals surface area contributed by atoms with Crippen LogP contribution in [0.4, 0.5) is 4.39 Å². The molecule has 2 N–H and O–H groups in total. The summed E-state index contributed by atoms with van der Waals surface area (Å²) in [5.74, 6) is -0.408. The van der Waals surface area contributed by atoms with E-state index < -0.39 is 29.2 Å². The summed E-state index contributed by atoms with van der Waals surface area (Å²) in [7, 11) is 0. The molecule has 9 atom stereocenters. The lowest BCUT2D eigenvalue weighted by molar-refractivity contribution is -0.242. The number of aliphatic hydroxyl groups is 2. The van der Waals surface area contributed by atoms with Crippen molar-refractivity contribution in [2.75, 3.05) is 6.61 Å². The van der Waals surface area contributed by atoms with Gasteiger partial charge < -0.3 is 10.2 Å². The largest absolute Gasteiger partial charge is 0.390 e. The average Bonchev–Trinajstić information content (AvgIpc) is 2.86. The third kappa shape index (κ3) is 2.33. The van der Waals surface area contributed by atoms with Gasteiger partial charge in [-0.25, -0.2) is 4.39 Å². The van der Waals surface area contributed by atoms with Gasteiger partial charge in [0.1, 0.15) is 18.1 Å². The molecule has 0 spiro atoms. The van der Waals surface area contributed by atoms with E-state index in [4.69, 9.17) is 0 Å². The van der Waals surface area contributed by atoms with Crippen LogP contribution in [0.25, 0.3) is 0 Å². The van der Waals surface area contributed by atoms with Crippen LogP contribution in [0.2, 0.25) is 0 Å². The van der Waals surface area contributed by atoms with E-state index in [1.165, 1.54) is 0 Å². The molecule has 27 heavy (non-hydrogen) atoms. The van der Waals surface area contributed by atoms with Gasteiger partial charge >= 0.3 is 0 Å². The molecule has 4 aliphatic rings. The first-order valence-corrected chi connectivity index (χ1v) is 10.6. The SMILES string of the molecule is CC1CC2C3CCC4CC(=O)CC[C@]4(C)C3(F)C(O)C[C@]2(C)C1C(=O)CO. The second-order valence-electron chi connectivity index (χ2n) is 10.5. The van der Waals surface area contributed by atoms with Crippen molar-refractivity contribution in [3.63, 3.8) is 0 Å². The number of hydrogen-bond acceptors (Lipinski definition) is 4. The number of carbonyl (C=O) groups excluding carboxylic acids is 2. The highest BCUT2D eigenvalue weighted by Gasteiger charge is 2.72. The van der Waals surface area contributed by atoms with Gasteiger partial charge in [0.15, 0.2) is 5.78 Å². The molecule has 5 heteroatoms. The molecular weight excluding hydrogens is 347 g/mol. The van der Waals surface area contributed by atoms with Crippen LogP contribution in [0.5, 0.6) is 0 Å². The lowest BCUT2D eigenvalue weighted by atomic mass is 9.42. The van der Waals surface area contributed by atoms with Gasteiger partial charge in [0.05, 0.1) is 6.10 Å². The number of alkyl halides is 1. The highest BCUT2D eigenvalue weighted by Crippen LogP contribution is 2.70. The molecular formula is C22H33FO4. The summed E-state index contributed by atoms with van der Waals surface area (Å²) in [6.07, 6.45) is 2.77. The summed E-state index contributed by atoms with van der Waals surface area (Å²) in [6.45, 7) is 5.53. The van der Waals surface area contributed by atoms with Crippen LogP contribution in [0.15, 0.2) is 0 Å². The monoisotopic (exact) mass is 380 g/mol. The van der Waals surface area contributed by atoms with E-state index >= 15 is 4.39 Å². The van der Waals surface area contributed by atoms with Gasteiger partial charge in [-0.1, -0.05) is 20.8 Å². The Hall–Kier alpha value is -0.810. The third-order valence-electron chi connectivity index (χ3n) is 9.40. The molecule has 0 bridgehead atoms. The minimum Gasteiger partial charge on any atom is -0.390 e. The van der Waals surface area contributed by atoms with Crippen LogP contribution in [0, 0.1) is 40.4 Å². The van der Waals surface area contributed by atoms with Crippen molar-refractivity contribution in [1.82, 2.24) is 0 Å². The first-order chi connectivity index (χ1) is 12.6. The Labute approximate surface area is 160 Å². The number of carbonyl (C=O) groups is 2. The molecule has 0 saturated heterocycles. The Bertz CT molecular complexity index is 665. The van der Waals surface area contributed by atoms with Crippen LogP contribution in [0.3, 0.4) is 0 Å². The minimum atomic E-state index is -1.70. The summed E-state index contributed by atoms with van der Waals surface area (Å²) >= 11 is 0. The molecule has 0 aromatic rings. The first-order valence-electron chi connectivity index (χ1n) is 10.6. The Morgan fingerprint density at radius 3 is 2.63 bits per heavy atom. The van der Waals surface area contributed by atoms with Gasteiger partial charge in [-0.2, -0.15) is 0 Å². The van der Waals surface area contributed by atoms with E-state index in [0.29, 0.717) is 25.7 Å². The van der Waals surface area contributed by atoms with Crippen molar-refractivity contribution in [3.8, 4) is 0 Å². The van der Waals surface area contributed by atoms with Crippen molar-refractivity contribution < 1.29 is 24.2 Å². The van der Waals surface area contributed by atoms with E-state index in [-0.39, 0.29) is 47.6 Å². The van der Waals surface area contributed by atoms with Gasteiger partial charge in [-0.05, 0) is 61.2 Å². The molecule has 4 fully saturated rings. The Morgan fingerprint density at radius 1 is 1.26 bits per heavy atom. The maximum Gasteiger partial charge on any atom is 0.162 e. The molecule has 4 aliphatic carbocycles. The van der Waals surface area contributed by atoms with Crippen LogP contribution >= 0.6 is 0 Å². The number of halogens is 1. The molecule has 4 nitrogen and oxygen atoms in total. The van der Waals surface area contributed by atoms with Gasteiger partial charge in [0.2, 0.25) is 0 Å². The second-order valence-corrected chi connectivity index (χ2v) is 10.5. The van der Waals surface area contributed by atoms with Gasteiger partial charge in [0, 0.05) is 24.2 Å². The van der Waals surface area contributed by atoms with Crippen molar-refractivity contribution in [2.45, 2.75) is 77.5 Å². The van der Waals surface area contributed by atoms with Crippen molar-refractivity contribution >= 4 is 11.6 Å². The smallest absolute Gasteiger partial charge is 0.162 e. The van der Waals surface area contributed by atoms with E-state index in [1.54, 1.807) is 0 Å². The summed E-state index contributed by atoms with van der Waals surface area (Å²) < 4.78 is 16.9. The number of Topliss-reactive ketones (excluding diaryl/α,β-unsaturated/α-hetero) is 2. The number of rotatable bonds is 2. The fourth-order valence-electron chi connectivity index (χ4n) is 8.20. The van der Waals surface area contributed by atoms with Gasteiger partial charge in [-0.3, -0.25) is 9.59 Å². The van der Waals surface area contributed by atoms with Gasteiger partial charge in [0.25, 0.3) is 0 Å². The van der Waals surface area contributed by atoms with E-state index in [9.17, 15) is 19.8 Å². The Morgan fingerprint density at radius 2 is 1.96 bits per heavy atom. The number of aliphatic hydroxyl groups excluding tert-OH is 2. The molecule has 0 radical (unpaired) electrons. The number of fused-ring (bicyclic) bond motifs is 5. The summed E-state index contributed by atoms with van der Waals surface area (Å²) in [6, 6.07) is 0. The maximum atomic E-state index is 16.9. The predicted octanol–water partition coefficient (Wildman–Crippen LogP) is 3.08. The normalized spacial score (nSPS) is 54.8. The first kappa shape index (κ1) is 19.5. The molecule has 0 aromatic heterocycles. The van der Waals surface area contributed by atoms with Crippen LogP contribution in [-0.2, 0) is 9.59 Å². The van der Waals surface area contributed by atoms with E-state index in [2.05, 4.69) is 0 Å². The Kier molecular flexibility index (Phi) is 4.40. The zero-order chi connectivity index (χ0) is 19.8. The topological polar surface area (TPSA) is 74.6 Å². The Balaban J connectivity index is 1.75. The fourth-order valence-corrected chi connectivity index (χ4v) is 8.20. The number of ketones is 2. The average molecular weight is 381 g/mol. The van der Waals surface area contributed by atoms with E-state index in [0.717, 1.165) is 12.8 Å². The fraction of sp³-hybridized carbons (Fsp3) is 0.909. The molecule has 7 unspecified atom stereocenters. The molecule has 0 aromatic carbocycles. The highest BCUT2D eigenvalue weighted by molar-refractivity contribution is 5.83. The molecule has 0 aliphatic heterocycles. The lowest BCUT2D eigenvalue weighted by Gasteiger charge is -2.64. The zero-order valence-corrected chi connectivity index (χ0v) is 16.7. The van der Waals surface area contributed by atoms with Crippen LogP contribution in [0.1, 0.15) is 65.7 Å². The van der Waals surface area contributed by atoms with Gasteiger partial charge in [-0.15, -0.1) is 0 Å². The summed E-state index contributed by atoms with van der Waals surface area (Å²) in [5, 5.41) is 20.6. The lowest BCUT2D eigenvalue weighted by Crippen LogP contribution is -2.69.